The Morgan fingerprint density at radius 2 is 1.91 bits per heavy atom. The molecule has 0 radical (unpaired) electrons. The lowest BCUT2D eigenvalue weighted by Crippen LogP contribution is -2.60. The molecule has 5 rings (SSSR count). The number of anilines is 1. The van der Waals surface area contributed by atoms with E-state index in [1.165, 1.54) is 16.9 Å². The molecule has 3 heterocycles. The summed E-state index contributed by atoms with van der Waals surface area (Å²) in [5.74, 6) is -4.10. The molecule has 9 atom stereocenters. The Morgan fingerprint density at radius 1 is 1.17 bits per heavy atom. The summed E-state index contributed by atoms with van der Waals surface area (Å²) in [6.07, 6.45) is 3.64. The van der Waals surface area contributed by atoms with Crippen LogP contribution in [0.4, 0.5) is 5.69 Å². The summed E-state index contributed by atoms with van der Waals surface area (Å²) in [6, 6.07) is 11.8. The first-order valence-corrected chi connectivity index (χ1v) is 18.8. The monoisotopic (exact) mass is 749 g/mol. The second-order valence-corrected chi connectivity index (χ2v) is 14.7. The van der Waals surface area contributed by atoms with Crippen molar-refractivity contribution in [3.63, 3.8) is 0 Å². The predicted molar refractivity (Wildman–Crippen MR) is 202 cm³/mol. The predicted octanol–water partition coefficient (Wildman–Crippen LogP) is 5.33. The summed E-state index contributed by atoms with van der Waals surface area (Å²) >= 11 is 6.71. The summed E-state index contributed by atoms with van der Waals surface area (Å²) in [5, 5.41) is 14.1. The number of fused-ring (bicyclic) bond motifs is 1. The van der Waals surface area contributed by atoms with Gasteiger partial charge in [0.25, 0.3) is 5.91 Å². The van der Waals surface area contributed by atoms with Gasteiger partial charge in [-0.1, -0.05) is 86.5 Å². The van der Waals surface area contributed by atoms with E-state index in [1.807, 2.05) is 45.0 Å². The number of aryl methyl sites for hydroxylation is 1. The van der Waals surface area contributed by atoms with Crippen molar-refractivity contribution in [3.05, 3.63) is 90.0 Å². The number of amides is 3. The van der Waals surface area contributed by atoms with Gasteiger partial charge in [0.05, 0.1) is 53.9 Å². The summed E-state index contributed by atoms with van der Waals surface area (Å²) in [5.41, 5.74) is 0.505. The van der Waals surface area contributed by atoms with Crippen molar-refractivity contribution in [2.24, 2.45) is 17.8 Å². The van der Waals surface area contributed by atoms with Crippen LogP contribution in [-0.4, -0.2) is 90.4 Å². The van der Waals surface area contributed by atoms with E-state index in [0.29, 0.717) is 42.0 Å². The Bertz CT molecular complexity index is 1650. The number of likely N-dealkylation sites (tertiary alicyclic amines) is 1. The van der Waals surface area contributed by atoms with Gasteiger partial charge >= 0.3 is 5.97 Å². The van der Waals surface area contributed by atoms with Gasteiger partial charge in [-0.15, -0.1) is 13.2 Å². The zero-order valence-electron chi connectivity index (χ0n) is 31.0. The SMILES string of the molecule is C=CCCC(=O)N[C@@H](COC)[C@@H](OC(=O)[C@@H]1[C@H]2C(=O)N([C@@H](CO)[C@@H](C)CC)[C@H](C(=O)N(CC=C)c3c(C)cccc3Cl)[C@]23CC[C@H]1O3)c1ccccc1. The van der Waals surface area contributed by atoms with Crippen molar-refractivity contribution in [1.82, 2.24) is 10.2 Å². The average Bonchev–Trinajstić information content (AvgIpc) is 3.80. The number of halogens is 1. The maximum absolute atomic E-state index is 15.1. The molecule has 2 bridgehead atoms. The highest BCUT2D eigenvalue weighted by Crippen LogP contribution is 2.60. The maximum atomic E-state index is 15.1. The molecule has 0 saturated carbocycles. The number of hydrogen-bond donors (Lipinski definition) is 2. The molecular weight excluding hydrogens is 698 g/mol. The number of benzene rings is 2. The normalized spacial score (nSPS) is 25.2. The van der Waals surface area contributed by atoms with Gasteiger partial charge in [0.15, 0.2) is 0 Å². The van der Waals surface area contributed by atoms with E-state index in [2.05, 4.69) is 18.5 Å². The molecule has 3 saturated heterocycles. The van der Waals surface area contributed by atoms with Crippen LogP contribution in [0.2, 0.25) is 5.02 Å². The summed E-state index contributed by atoms with van der Waals surface area (Å²) < 4.78 is 18.6. The number of nitrogens with zero attached hydrogens (tertiary/aromatic N) is 2. The Kier molecular flexibility index (Phi) is 13.2. The van der Waals surface area contributed by atoms with Crippen LogP contribution in [0.3, 0.4) is 0 Å². The number of allylic oxidation sites excluding steroid dienone is 1. The first-order chi connectivity index (χ1) is 25.5. The van der Waals surface area contributed by atoms with Crippen LogP contribution >= 0.6 is 11.6 Å². The topological polar surface area (TPSA) is 135 Å². The average molecular weight is 750 g/mol. The molecule has 3 amide bonds. The van der Waals surface area contributed by atoms with Gasteiger partial charge in [-0.3, -0.25) is 19.2 Å². The number of methoxy groups -OCH3 is 1. The van der Waals surface area contributed by atoms with Gasteiger partial charge in [-0.25, -0.2) is 0 Å². The highest BCUT2D eigenvalue weighted by atomic mass is 35.5. The highest BCUT2D eigenvalue weighted by Gasteiger charge is 2.76. The molecular formula is C41H52ClN3O8. The minimum atomic E-state index is -1.37. The third-order valence-electron chi connectivity index (χ3n) is 11.1. The minimum Gasteiger partial charge on any atom is -0.455 e. The number of esters is 1. The van der Waals surface area contributed by atoms with E-state index in [4.69, 9.17) is 25.8 Å². The Hall–Kier alpha value is -4.03. The van der Waals surface area contributed by atoms with Gasteiger partial charge in [-0.05, 0) is 49.3 Å². The molecule has 53 heavy (non-hydrogen) atoms. The number of para-hydroxylation sites is 1. The smallest absolute Gasteiger partial charge is 0.313 e. The Labute approximate surface area is 317 Å². The van der Waals surface area contributed by atoms with E-state index in [-0.39, 0.29) is 31.4 Å². The number of hydrogen-bond acceptors (Lipinski definition) is 8. The van der Waals surface area contributed by atoms with E-state index in [0.717, 1.165) is 5.56 Å². The lowest BCUT2D eigenvalue weighted by atomic mass is 9.70. The number of aliphatic hydroxyl groups excluding tert-OH is 1. The standard InChI is InChI=1S/C41H52ClN3O8/c1-7-10-19-32(47)43-29(24-51-6)36(27-16-12-11-13-17-27)52-40(50)33-31-20-21-41(53-31)34(33)38(48)45(30(23-46)25(4)9-3)37(41)39(49)44(22-8-2)35-26(5)15-14-18-28(35)42/h7-8,11-18,25,29-31,33-34,36-37,46H,1-2,9-10,19-24H2,3-6H3,(H,43,47)/t25-,29-,30-,31+,33-,34-,36-,37+,41-/m0/s1. The molecule has 0 unspecified atom stereocenters. The van der Waals surface area contributed by atoms with Crippen molar-refractivity contribution in [2.45, 2.75) is 88.8 Å². The molecule has 286 valence electrons. The fourth-order valence-corrected chi connectivity index (χ4v) is 8.79. The van der Waals surface area contributed by atoms with Crippen LogP contribution < -0.4 is 10.2 Å². The van der Waals surface area contributed by atoms with Crippen LogP contribution in [0, 0.1) is 24.7 Å². The van der Waals surface area contributed by atoms with Crippen molar-refractivity contribution in [3.8, 4) is 0 Å². The van der Waals surface area contributed by atoms with Gasteiger partial charge in [-0.2, -0.15) is 0 Å². The fraction of sp³-hybridized carbons (Fsp3) is 0.512. The zero-order chi connectivity index (χ0) is 38.4. The van der Waals surface area contributed by atoms with Crippen LogP contribution in [-0.2, 0) is 33.4 Å². The van der Waals surface area contributed by atoms with Crippen LogP contribution in [0.15, 0.2) is 73.8 Å². The van der Waals surface area contributed by atoms with Crippen molar-refractivity contribution < 1.29 is 38.5 Å². The lowest BCUT2D eigenvalue weighted by Gasteiger charge is -2.41. The second kappa shape index (κ2) is 17.4. The van der Waals surface area contributed by atoms with Gasteiger partial charge in [0.2, 0.25) is 11.8 Å². The van der Waals surface area contributed by atoms with E-state index < -0.39 is 72.2 Å². The Balaban J connectivity index is 1.57. The molecule has 2 aromatic carbocycles. The fourth-order valence-electron chi connectivity index (χ4n) is 8.47. The molecule has 1 spiro atoms. The van der Waals surface area contributed by atoms with Gasteiger partial charge in [0.1, 0.15) is 17.7 Å². The second-order valence-electron chi connectivity index (χ2n) is 14.3. The van der Waals surface area contributed by atoms with E-state index >= 15 is 4.79 Å². The van der Waals surface area contributed by atoms with Crippen LogP contribution in [0.5, 0.6) is 0 Å². The first-order valence-electron chi connectivity index (χ1n) is 18.4. The van der Waals surface area contributed by atoms with Crippen molar-refractivity contribution >= 4 is 41.0 Å². The number of rotatable bonds is 18. The van der Waals surface area contributed by atoms with Gasteiger partial charge < -0.3 is 34.4 Å². The molecule has 3 fully saturated rings. The zero-order valence-corrected chi connectivity index (χ0v) is 31.8. The molecule has 0 aliphatic carbocycles. The first kappa shape index (κ1) is 40.2. The number of carbonyl (C=O) groups excluding carboxylic acids is 4. The van der Waals surface area contributed by atoms with Crippen molar-refractivity contribution in [2.75, 3.05) is 31.8 Å². The third kappa shape index (κ3) is 7.67. The van der Waals surface area contributed by atoms with Gasteiger partial charge in [0, 0.05) is 20.1 Å². The molecule has 3 aliphatic rings. The molecule has 2 N–H and O–H groups in total. The highest BCUT2D eigenvalue weighted by molar-refractivity contribution is 6.34. The summed E-state index contributed by atoms with van der Waals surface area (Å²) in [4.78, 5) is 60.6. The number of carbonyl (C=O) groups is 4. The van der Waals surface area contributed by atoms with Crippen LogP contribution in [0.25, 0.3) is 0 Å². The maximum Gasteiger partial charge on any atom is 0.313 e. The van der Waals surface area contributed by atoms with Crippen molar-refractivity contribution in [1.29, 1.82) is 0 Å². The number of aliphatic hydroxyl groups is 1. The summed E-state index contributed by atoms with van der Waals surface area (Å²) in [7, 11) is 1.50. The lowest BCUT2D eigenvalue weighted by molar-refractivity contribution is -0.163. The van der Waals surface area contributed by atoms with E-state index in [9.17, 15) is 19.5 Å². The molecule has 2 aromatic rings. The third-order valence-corrected chi connectivity index (χ3v) is 11.4. The Morgan fingerprint density at radius 3 is 2.53 bits per heavy atom. The molecule has 3 aliphatic heterocycles. The van der Waals surface area contributed by atoms with E-state index in [1.54, 1.807) is 36.4 Å². The molecule has 0 aromatic heterocycles. The quantitative estimate of drug-likeness (QED) is 0.154. The summed E-state index contributed by atoms with van der Waals surface area (Å²) in [6.45, 7) is 13.1. The molecule has 12 heteroatoms. The number of nitrogens with one attached hydrogen (secondary N) is 1. The minimum absolute atomic E-state index is 0.0433. The molecule has 11 nitrogen and oxygen atoms in total. The number of ether oxygens (including phenoxy) is 3. The van der Waals surface area contributed by atoms with Crippen LogP contribution in [0.1, 0.15) is 63.2 Å². The largest absolute Gasteiger partial charge is 0.455 e.